The molecule has 2 nitrogen and oxygen atoms in total. The predicted molar refractivity (Wildman–Crippen MR) is 53.6 cm³/mol. The van der Waals surface area contributed by atoms with Gasteiger partial charge in [0.1, 0.15) is 0 Å². The van der Waals surface area contributed by atoms with Gasteiger partial charge < -0.3 is 4.90 Å². The van der Waals surface area contributed by atoms with E-state index in [9.17, 15) is 4.79 Å². The number of likely N-dealkylation sites (N-methyl/N-ethyl adjacent to an activating group) is 1. The second kappa shape index (κ2) is 2.73. The standard InChI is InChI=1S/C11H11NO/c1-3-8-5-4-6-9-7-10(13)12(2)11(8)9/h3-6H,1,7H2,2H3. The maximum atomic E-state index is 11.4. The van der Waals surface area contributed by atoms with Crippen LogP contribution in [0.1, 0.15) is 11.1 Å². The van der Waals surface area contributed by atoms with E-state index >= 15 is 0 Å². The Kier molecular flexibility index (Phi) is 1.69. The number of carbonyl (C=O) groups excluding carboxylic acids is 1. The summed E-state index contributed by atoms with van der Waals surface area (Å²) in [5.41, 5.74) is 3.15. The van der Waals surface area contributed by atoms with Crippen LogP contribution in [0.3, 0.4) is 0 Å². The average Bonchev–Trinajstić information content (AvgIpc) is 2.43. The number of benzene rings is 1. The summed E-state index contributed by atoms with van der Waals surface area (Å²) in [6, 6.07) is 5.92. The zero-order valence-corrected chi connectivity index (χ0v) is 7.58. The first-order chi connectivity index (χ1) is 6.24. The van der Waals surface area contributed by atoms with Crippen molar-refractivity contribution < 1.29 is 4.79 Å². The van der Waals surface area contributed by atoms with Crippen LogP contribution in [0.15, 0.2) is 24.8 Å². The number of amides is 1. The van der Waals surface area contributed by atoms with Crippen molar-refractivity contribution in [2.75, 3.05) is 11.9 Å². The first kappa shape index (κ1) is 8.05. The molecule has 0 radical (unpaired) electrons. The summed E-state index contributed by atoms with van der Waals surface area (Å²) in [7, 11) is 1.81. The van der Waals surface area contributed by atoms with Crippen molar-refractivity contribution in [3.05, 3.63) is 35.9 Å². The monoisotopic (exact) mass is 173 g/mol. The fraction of sp³-hybridized carbons (Fsp3) is 0.182. The third kappa shape index (κ3) is 1.06. The first-order valence-electron chi connectivity index (χ1n) is 4.25. The smallest absolute Gasteiger partial charge is 0.231 e. The van der Waals surface area contributed by atoms with Crippen LogP contribution in [0.5, 0.6) is 0 Å². The maximum absolute atomic E-state index is 11.4. The van der Waals surface area contributed by atoms with E-state index in [1.165, 1.54) is 0 Å². The Labute approximate surface area is 77.5 Å². The summed E-state index contributed by atoms with van der Waals surface area (Å²) in [4.78, 5) is 13.1. The van der Waals surface area contributed by atoms with E-state index in [0.29, 0.717) is 6.42 Å². The molecule has 13 heavy (non-hydrogen) atoms. The van der Waals surface area contributed by atoms with Gasteiger partial charge in [0.05, 0.1) is 12.1 Å². The first-order valence-corrected chi connectivity index (χ1v) is 4.25. The Morgan fingerprint density at radius 2 is 2.31 bits per heavy atom. The van der Waals surface area contributed by atoms with Crippen molar-refractivity contribution in [2.24, 2.45) is 0 Å². The average molecular weight is 173 g/mol. The fourth-order valence-electron chi connectivity index (χ4n) is 1.73. The van der Waals surface area contributed by atoms with Crippen LogP contribution in [-0.4, -0.2) is 13.0 Å². The lowest BCUT2D eigenvalue weighted by atomic mass is 10.1. The molecule has 0 spiro atoms. The van der Waals surface area contributed by atoms with Gasteiger partial charge in [-0.05, 0) is 11.1 Å². The molecule has 1 aliphatic rings. The molecule has 1 aromatic carbocycles. The van der Waals surface area contributed by atoms with Crippen molar-refractivity contribution in [3.63, 3.8) is 0 Å². The molecular formula is C11H11NO. The molecule has 1 heterocycles. The summed E-state index contributed by atoms with van der Waals surface area (Å²) in [6.07, 6.45) is 2.31. The quantitative estimate of drug-likeness (QED) is 0.634. The van der Waals surface area contributed by atoms with Crippen LogP contribution in [0.4, 0.5) is 5.69 Å². The zero-order valence-electron chi connectivity index (χ0n) is 7.58. The molecule has 0 fully saturated rings. The van der Waals surface area contributed by atoms with E-state index in [4.69, 9.17) is 0 Å². The number of nitrogens with zero attached hydrogens (tertiary/aromatic N) is 1. The molecule has 2 rings (SSSR count). The molecule has 66 valence electrons. The van der Waals surface area contributed by atoms with E-state index in [0.717, 1.165) is 16.8 Å². The van der Waals surface area contributed by atoms with E-state index in [-0.39, 0.29) is 5.91 Å². The Morgan fingerprint density at radius 1 is 1.54 bits per heavy atom. The highest BCUT2D eigenvalue weighted by Crippen LogP contribution is 2.31. The number of hydrogen-bond donors (Lipinski definition) is 0. The Morgan fingerprint density at radius 3 is 3.00 bits per heavy atom. The molecule has 1 amide bonds. The Hall–Kier alpha value is -1.57. The van der Waals surface area contributed by atoms with Crippen LogP contribution in [-0.2, 0) is 11.2 Å². The van der Waals surface area contributed by atoms with Crippen LogP contribution < -0.4 is 4.90 Å². The van der Waals surface area contributed by atoms with Gasteiger partial charge in [-0.2, -0.15) is 0 Å². The van der Waals surface area contributed by atoms with E-state index < -0.39 is 0 Å². The summed E-state index contributed by atoms with van der Waals surface area (Å²) in [5.74, 6) is 0.157. The summed E-state index contributed by atoms with van der Waals surface area (Å²) in [6.45, 7) is 3.73. The van der Waals surface area contributed by atoms with Crippen molar-refractivity contribution >= 4 is 17.7 Å². The van der Waals surface area contributed by atoms with Gasteiger partial charge in [0.25, 0.3) is 0 Å². The predicted octanol–water partition coefficient (Wildman–Crippen LogP) is 1.85. The second-order valence-electron chi connectivity index (χ2n) is 3.19. The molecule has 0 unspecified atom stereocenters. The second-order valence-corrected chi connectivity index (χ2v) is 3.19. The number of carbonyl (C=O) groups is 1. The number of anilines is 1. The number of hydrogen-bond acceptors (Lipinski definition) is 1. The van der Waals surface area contributed by atoms with Crippen molar-refractivity contribution in [2.45, 2.75) is 6.42 Å². The van der Waals surface area contributed by atoms with E-state index in [1.54, 1.807) is 18.0 Å². The van der Waals surface area contributed by atoms with Gasteiger partial charge in [-0.15, -0.1) is 0 Å². The lowest BCUT2D eigenvalue weighted by Gasteiger charge is -2.12. The van der Waals surface area contributed by atoms with Crippen LogP contribution >= 0.6 is 0 Å². The Bertz CT molecular complexity index is 382. The van der Waals surface area contributed by atoms with Gasteiger partial charge in [-0.1, -0.05) is 30.9 Å². The molecule has 1 aromatic rings. The number of para-hydroxylation sites is 1. The van der Waals surface area contributed by atoms with Crippen molar-refractivity contribution in [1.82, 2.24) is 0 Å². The third-order valence-corrected chi connectivity index (χ3v) is 2.42. The SMILES string of the molecule is C=Cc1cccc2c1N(C)C(=O)C2. The molecular weight excluding hydrogens is 162 g/mol. The summed E-state index contributed by atoms with van der Waals surface area (Å²) < 4.78 is 0. The summed E-state index contributed by atoms with van der Waals surface area (Å²) >= 11 is 0. The molecule has 2 heteroatoms. The molecule has 0 saturated carbocycles. The molecule has 1 aliphatic heterocycles. The van der Waals surface area contributed by atoms with E-state index in [1.807, 2.05) is 18.2 Å². The largest absolute Gasteiger partial charge is 0.314 e. The van der Waals surface area contributed by atoms with Crippen molar-refractivity contribution in [1.29, 1.82) is 0 Å². The lowest BCUT2D eigenvalue weighted by molar-refractivity contribution is -0.117. The van der Waals surface area contributed by atoms with Gasteiger partial charge >= 0.3 is 0 Å². The minimum Gasteiger partial charge on any atom is -0.314 e. The van der Waals surface area contributed by atoms with Crippen LogP contribution in [0, 0.1) is 0 Å². The molecule has 0 saturated heterocycles. The summed E-state index contributed by atoms with van der Waals surface area (Å²) in [5, 5.41) is 0. The third-order valence-electron chi connectivity index (χ3n) is 2.42. The lowest BCUT2D eigenvalue weighted by Crippen LogP contribution is -2.21. The molecule has 0 N–H and O–H groups in total. The van der Waals surface area contributed by atoms with Gasteiger partial charge in [0.15, 0.2) is 0 Å². The minimum absolute atomic E-state index is 0.157. The fourth-order valence-corrected chi connectivity index (χ4v) is 1.73. The normalized spacial score (nSPS) is 14.5. The van der Waals surface area contributed by atoms with Crippen LogP contribution in [0.25, 0.3) is 6.08 Å². The number of fused-ring (bicyclic) bond motifs is 1. The molecule has 0 atom stereocenters. The van der Waals surface area contributed by atoms with E-state index in [2.05, 4.69) is 6.58 Å². The topological polar surface area (TPSA) is 20.3 Å². The van der Waals surface area contributed by atoms with Crippen molar-refractivity contribution in [3.8, 4) is 0 Å². The van der Waals surface area contributed by atoms with Crippen LogP contribution in [0.2, 0.25) is 0 Å². The maximum Gasteiger partial charge on any atom is 0.231 e. The minimum atomic E-state index is 0.157. The highest BCUT2D eigenvalue weighted by atomic mass is 16.2. The van der Waals surface area contributed by atoms with Gasteiger partial charge in [0, 0.05) is 7.05 Å². The zero-order chi connectivity index (χ0) is 9.42. The highest BCUT2D eigenvalue weighted by molar-refractivity contribution is 6.03. The Balaban J connectivity index is 2.63. The van der Waals surface area contributed by atoms with Gasteiger partial charge in [-0.25, -0.2) is 0 Å². The molecule has 0 bridgehead atoms. The highest BCUT2D eigenvalue weighted by Gasteiger charge is 2.25. The van der Waals surface area contributed by atoms with Gasteiger partial charge in [0.2, 0.25) is 5.91 Å². The number of rotatable bonds is 1. The molecule has 0 aliphatic carbocycles. The molecule has 0 aromatic heterocycles. The van der Waals surface area contributed by atoms with Gasteiger partial charge in [-0.3, -0.25) is 4.79 Å².